The minimum Gasteiger partial charge on any atom is -0.482 e. The number of allylic oxidation sites excluding steroid dienone is 3. The van der Waals surface area contributed by atoms with Gasteiger partial charge in [-0.1, -0.05) is 28.1 Å². The smallest absolute Gasteiger partial charge is 0.181 e. The van der Waals surface area contributed by atoms with Crippen molar-refractivity contribution in [3.8, 4) is 5.75 Å². The van der Waals surface area contributed by atoms with Gasteiger partial charge in [-0.15, -0.1) is 0 Å². The Bertz CT molecular complexity index is 995. The van der Waals surface area contributed by atoms with Crippen LogP contribution < -0.4 is 4.74 Å². The van der Waals surface area contributed by atoms with Gasteiger partial charge in [0.25, 0.3) is 0 Å². The van der Waals surface area contributed by atoms with E-state index in [0.717, 1.165) is 6.26 Å². The Hall–Kier alpha value is -2.12. The van der Waals surface area contributed by atoms with E-state index in [1.807, 2.05) is 0 Å². The van der Waals surface area contributed by atoms with Crippen molar-refractivity contribution in [2.24, 2.45) is 0 Å². The fourth-order valence-electron chi connectivity index (χ4n) is 2.46. The minimum atomic E-state index is -3.28. The van der Waals surface area contributed by atoms with E-state index < -0.39 is 21.8 Å². The highest BCUT2D eigenvalue weighted by Gasteiger charge is 2.25. The minimum absolute atomic E-state index is 0.0776. The second-order valence-electron chi connectivity index (χ2n) is 5.86. The average molecular weight is 439 g/mol. The number of hydrogen-bond acceptors (Lipinski definition) is 4. The molecule has 7 heteroatoms. The molecule has 0 spiro atoms. The molecule has 0 radical (unpaired) electrons. The molecule has 3 rings (SSSR count). The second-order valence-corrected chi connectivity index (χ2v) is 8.79. The van der Waals surface area contributed by atoms with Gasteiger partial charge in [0, 0.05) is 16.3 Å². The predicted molar refractivity (Wildman–Crippen MR) is 99.9 cm³/mol. The lowest BCUT2D eigenvalue weighted by Crippen LogP contribution is -2.15. The predicted octanol–water partition coefficient (Wildman–Crippen LogP) is 4.93. The van der Waals surface area contributed by atoms with Crippen LogP contribution in [0.3, 0.4) is 0 Å². The first-order valence-electron chi connectivity index (χ1n) is 7.72. The van der Waals surface area contributed by atoms with Crippen molar-refractivity contribution in [3.05, 3.63) is 82.0 Å². The summed E-state index contributed by atoms with van der Waals surface area (Å²) in [6, 6.07) is 10.9. The topological polar surface area (TPSA) is 52.6 Å². The summed E-state index contributed by atoms with van der Waals surface area (Å²) in [7, 11) is -3.28. The molecule has 0 saturated carbocycles. The van der Waals surface area contributed by atoms with Crippen LogP contribution in [0.4, 0.5) is 4.39 Å². The van der Waals surface area contributed by atoms with Crippen molar-refractivity contribution in [2.75, 3.05) is 6.26 Å². The van der Waals surface area contributed by atoms with Crippen molar-refractivity contribution >= 4 is 25.8 Å². The molecule has 2 aromatic carbocycles. The van der Waals surface area contributed by atoms with Crippen LogP contribution in [0, 0.1) is 5.82 Å². The third-order valence-corrected chi connectivity index (χ3v) is 5.40. The summed E-state index contributed by atoms with van der Waals surface area (Å²) in [4.78, 5) is 0.217. The van der Waals surface area contributed by atoms with Gasteiger partial charge in [0.2, 0.25) is 0 Å². The molecule has 0 saturated heterocycles. The van der Waals surface area contributed by atoms with E-state index in [1.165, 1.54) is 24.3 Å². The van der Waals surface area contributed by atoms with Crippen molar-refractivity contribution in [1.82, 2.24) is 0 Å². The molecule has 0 fully saturated rings. The van der Waals surface area contributed by atoms with Gasteiger partial charge < -0.3 is 9.47 Å². The summed E-state index contributed by atoms with van der Waals surface area (Å²) in [6.07, 6.45) is 4.00. The van der Waals surface area contributed by atoms with Crippen LogP contribution >= 0.6 is 15.9 Å². The van der Waals surface area contributed by atoms with Gasteiger partial charge in [-0.05, 0) is 49.4 Å². The van der Waals surface area contributed by atoms with Gasteiger partial charge >= 0.3 is 0 Å². The highest BCUT2D eigenvalue weighted by atomic mass is 79.9. The van der Waals surface area contributed by atoms with Crippen LogP contribution in [0.2, 0.25) is 0 Å². The first-order valence-corrected chi connectivity index (χ1v) is 10.4. The number of halogens is 2. The van der Waals surface area contributed by atoms with E-state index in [-0.39, 0.29) is 10.6 Å². The third kappa shape index (κ3) is 4.16. The fourth-order valence-corrected chi connectivity index (χ4v) is 3.43. The maximum Gasteiger partial charge on any atom is 0.181 e. The van der Waals surface area contributed by atoms with Gasteiger partial charge in [0.1, 0.15) is 5.76 Å². The fraction of sp³-hybridized carbons (Fsp3) is 0.158. The second kappa shape index (κ2) is 7.25. The van der Waals surface area contributed by atoms with E-state index in [4.69, 9.17) is 9.47 Å². The molecular formula is C19H16BrFO4S. The molecular weight excluding hydrogens is 423 g/mol. The lowest BCUT2D eigenvalue weighted by Gasteiger charge is -2.25. The zero-order valence-corrected chi connectivity index (χ0v) is 16.5. The summed E-state index contributed by atoms with van der Waals surface area (Å²) in [5, 5.41) is 0. The quantitative estimate of drug-likeness (QED) is 0.678. The molecule has 0 bridgehead atoms. The van der Waals surface area contributed by atoms with Crippen LogP contribution in [0.25, 0.3) is 0 Å². The van der Waals surface area contributed by atoms with E-state index in [1.54, 1.807) is 37.3 Å². The van der Waals surface area contributed by atoms with Gasteiger partial charge in [-0.2, -0.15) is 0 Å². The van der Waals surface area contributed by atoms with Crippen molar-refractivity contribution in [2.45, 2.75) is 17.9 Å². The molecule has 4 nitrogen and oxygen atoms in total. The highest BCUT2D eigenvalue weighted by Crippen LogP contribution is 2.35. The maximum atomic E-state index is 14.1. The lowest BCUT2D eigenvalue weighted by molar-refractivity contribution is 0.106. The molecule has 136 valence electrons. The number of ether oxygens (including phenoxy) is 2. The monoisotopic (exact) mass is 438 g/mol. The Morgan fingerprint density at radius 3 is 2.42 bits per heavy atom. The van der Waals surface area contributed by atoms with Gasteiger partial charge in [0.05, 0.1) is 10.7 Å². The molecule has 26 heavy (non-hydrogen) atoms. The van der Waals surface area contributed by atoms with Crippen LogP contribution in [-0.2, 0) is 14.6 Å². The molecule has 0 amide bonds. The van der Waals surface area contributed by atoms with E-state index in [2.05, 4.69) is 15.9 Å². The molecule has 1 aliphatic heterocycles. The third-order valence-electron chi connectivity index (χ3n) is 3.78. The first-order chi connectivity index (χ1) is 12.2. The molecule has 1 unspecified atom stereocenters. The van der Waals surface area contributed by atoms with E-state index >= 15 is 0 Å². The van der Waals surface area contributed by atoms with Gasteiger partial charge in [-0.25, -0.2) is 12.8 Å². The number of hydrogen-bond donors (Lipinski definition) is 0. The Morgan fingerprint density at radius 1 is 1.12 bits per heavy atom. The zero-order chi connectivity index (χ0) is 18.9. The first kappa shape index (κ1) is 18.7. The number of sulfone groups is 1. The average Bonchev–Trinajstić information content (AvgIpc) is 2.58. The number of benzene rings is 2. The van der Waals surface area contributed by atoms with E-state index in [9.17, 15) is 12.8 Å². The standard InChI is InChI=1S/C19H16BrFO4S/c1-12-3-9-18(25-17-10-6-14(20)11-16(17)21)19(24-12)13-4-7-15(8-5-13)26(2,22)23/h3-11,19H,1-2H3. The summed E-state index contributed by atoms with van der Waals surface area (Å²) in [5.74, 6) is 0.654. The summed E-state index contributed by atoms with van der Waals surface area (Å²) < 4.78 is 49.5. The summed E-state index contributed by atoms with van der Waals surface area (Å²) >= 11 is 3.21. The van der Waals surface area contributed by atoms with Gasteiger partial charge in [-0.3, -0.25) is 0 Å². The van der Waals surface area contributed by atoms with Gasteiger partial charge in [0.15, 0.2) is 27.5 Å². The maximum absolute atomic E-state index is 14.1. The van der Waals surface area contributed by atoms with Crippen molar-refractivity contribution in [1.29, 1.82) is 0 Å². The SMILES string of the molecule is CC1=CC=C(Oc2ccc(Br)cc2F)C(c2ccc(S(C)(=O)=O)cc2)O1. The molecule has 1 aliphatic rings. The molecule has 1 atom stereocenters. The summed E-state index contributed by atoms with van der Waals surface area (Å²) in [5.41, 5.74) is 0.702. The molecule has 0 aliphatic carbocycles. The van der Waals surface area contributed by atoms with Crippen LogP contribution in [0.5, 0.6) is 5.75 Å². The van der Waals surface area contributed by atoms with Crippen LogP contribution in [-0.4, -0.2) is 14.7 Å². The molecule has 2 aromatic rings. The Balaban J connectivity index is 1.92. The van der Waals surface area contributed by atoms with Crippen molar-refractivity contribution in [3.63, 3.8) is 0 Å². The Kier molecular flexibility index (Phi) is 5.20. The Morgan fingerprint density at radius 2 is 1.81 bits per heavy atom. The van der Waals surface area contributed by atoms with Crippen molar-refractivity contribution < 1.29 is 22.3 Å². The molecule has 0 aromatic heterocycles. The van der Waals surface area contributed by atoms with E-state index in [0.29, 0.717) is 21.6 Å². The largest absolute Gasteiger partial charge is 0.482 e. The zero-order valence-electron chi connectivity index (χ0n) is 14.1. The highest BCUT2D eigenvalue weighted by molar-refractivity contribution is 9.10. The lowest BCUT2D eigenvalue weighted by atomic mass is 10.1. The number of rotatable bonds is 4. The van der Waals surface area contributed by atoms with Crippen LogP contribution in [0.1, 0.15) is 18.6 Å². The normalized spacial score (nSPS) is 17.2. The molecule has 1 heterocycles. The molecule has 0 N–H and O–H groups in total. The summed E-state index contributed by atoms with van der Waals surface area (Å²) in [6.45, 7) is 1.80. The van der Waals surface area contributed by atoms with Crippen LogP contribution in [0.15, 0.2) is 75.5 Å². The Labute approximate surface area is 160 Å².